The van der Waals surface area contributed by atoms with Gasteiger partial charge in [0.1, 0.15) is 0 Å². The molecule has 1 aliphatic heterocycles. The number of thioether (sulfide) groups is 1. The summed E-state index contributed by atoms with van der Waals surface area (Å²) < 4.78 is 0. The van der Waals surface area contributed by atoms with Gasteiger partial charge >= 0.3 is 5.97 Å². The molecule has 5 nitrogen and oxygen atoms in total. The summed E-state index contributed by atoms with van der Waals surface area (Å²) in [7, 11) is 0. The van der Waals surface area contributed by atoms with E-state index in [1.54, 1.807) is 13.0 Å². The minimum absolute atomic E-state index is 0.0674. The molecule has 0 radical (unpaired) electrons. The lowest BCUT2D eigenvalue weighted by Crippen LogP contribution is -2.32. The molecule has 106 valence electrons. The highest BCUT2D eigenvalue weighted by Gasteiger charge is 2.40. The Morgan fingerprint density at radius 3 is 2.75 bits per heavy atom. The van der Waals surface area contributed by atoms with Crippen LogP contribution in [0.3, 0.4) is 0 Å². The minimum atomic E-state index is -1.08. The molecule has 2 rings (SSSR count). The molecule has 1 N–H and O–H groups in total. The van der Waals surface area contributed by atoms with Crippen molar-refractivity contribution >= 4 is 35.2 Å². The zero-order valence-corrected chi connectivity index (χ0v) is 12.1. The van der Waals surface area contributed by atoms with Crippen LogP contribution in [0.1, 0.15) is 29.3 Å². The number of aryl methyl sites for hydroxylation is 1. The smallest absolute Gasteiger partial charge is 0.335 e. The van der Waals surface area contributed by atoms with Gasteiger partial charge in [-0.25, -0.2) is 9.69 Å². The summed E-state index contributed by atoms with van der Waals surface area (Å²) in [5.41, 5.74) is 1.15. The maximum Gasteiger partial charge on any atom is 0.335 e. The number of carboxylic acid groups (broad SMARTS) is 1. The number of aromatic carboxylic acids is 1. The van der Waals surface area contributed by atoms with Gasteiger partial charge in [-0.05, 0) is 30.4 Å². The van der Waals surface area contributed by atoms with E-state index in [0.29, 0.717) is 11.3 Å². The molecule has 20 heavy (non-hydrogen) atoms. The molecule has 1 atom stereocenters. The number of rotatable bonds is 4. The summed E-state index contributed by atoms with van der Waals surface area (Å²) in [6.45, 7) is 3.68. The summed E-state index contributed by atoms with van der Waals surface area (Å²) in [4.78, 5) is 36.5. The van der Waals surface area contributed by atoms with Crippen molar-refractivity contribution < 1.29 is 19.5 Å². The van der Waals surface area contributed by atoms with Crippen molar-refractivity contribution in [2.75, 3.05) is 10.7 Å². The van der Waals surface area contributed by atoms with Crippen molar-refractivity contribution in [3.63, 3.8) is 0 Å². The molecule has 2 amide bonds. The normalized spacial score (nSPS) is 18.7. The molecule has 1 unspecified atom stereocenters. The SMILES string of the molecule is CCSC1CC(=O)N(c2cc(C(=O)O)ccc2C)C1=O. The number of amides is 2. The predicted octanol–water partition coefficient (Wildman–Crippen LogP) is 2.08. The second-order valence-corrected chi connectivity index (χ2v) is 6.00. The van der Waals surface area contributed by atoms with Crippen LogP contribution in [0, 0.1) is 6.92 Å². The molecule has 0 saturated carbocycles. The van der Waals surface area contributed by atoms with Gasteiger partial charge < -0.3 is 5.11 Å². The van der Waals surface area contributed by atoms with E-state index in [0.717, 1.165) is 10.7 Å². The van der Waals surface area contributed by atoms with Gasteiger partial charge in [-0.1, -0.05) is 13.0 Å². The Morgan fingerprint density at radius 1 is 1.45 bits per heavy atom. The minimum Gasteiger partial charge on any atom is -0.478 e. The van der Waals surface area contributed by atoms with Crippen LogP contribution in [0.15, 0.2) is 18.2 Å². The molecule has 0 spiro atoms. The lowest BCUT2D eigenvalue weighted by atomic mass is 10.1. The summed E-state index contributed by atoms with van der Waals surface area (Å²) in [5, 5.41) is 8.66. The topological polar surface area (TPSA) is 74.7 Å². The van der Waals surface area contributed by atoms with Gasteiger partial charge in [0, 0.05) is 6.42 Å². The van der Waals surface area contributed by atoms with Crippen LogP contribution in [0.5, 0.6) is 0 Å². The number of imide groups is 1. The van der Waals surface area contributed by atoms with Crippen LogP contribution < -0.4 is 4.90 Å². The summed E-state index contributed by atoms with van der Waals surface area (Å²) >= 11 is 1.44. The van der Waals surface area contributed by atoms with Crippen LogP contribution >= 0.6 is 11.8 Å². The standard InChI is InChI=1S/C14H15NO4S/c1-3-20-11-7-12(16)15(13(11)17)10-6-9(14(18)19)5-4-8(10)2/h4-6,11H,3,7H2,1-2H3,(H,18,19). The Bertz CT molecular complexity index is 585. The Hall–Kier alpha value is -1.82. The molecule has 1 aromatic carbocycles. The first-order valence-corrected chi connectivity index (χ1v) is 7.33. The fraction of sp³-hybridized carbons (Fsp3) is 0.357. The van der Waals surface area contributed by atoms with Gasteiger partial charge in [0.15, 0.2) is 0 Å². The van der Waals surface area contributed by atoms with Gasteiger partial charge in [0.05, 0.1) is 16.5 Å². The number of nitrogens with zero attached hydrogens (tertiary/aromatic N) is 1. The number of hydrogen-bond donors (Lipinski definition) is 1. The molecule has 1 fully saturated rings. The van der Waals surface area contributed by atoms with E-state index < -0.39 is 5.97 Å². The molecule has 0 aromatic heterocycles. The Balaban J connectivity index is 2.40. The first-order chi connectivity index (χ1) is 9.45. The molecule has 1 saturated heterocycles. The van der Waals surface area contributed by atoms with Gasteiger partial charge in [-0.2, -0.15) is 0 Å². The molecular weight excluding hydrogens is 278 g/mol. The average molecular weight is 293 g/mol. The highest BCUT2D eigenvalue weighted by Crippen LogP contribution is 2.32. The molecule has 1 aliphatic rings. The zero-order valence-electron chi connectivity index (χ0n) is 11.3. The van der Waals surface area contributed by atoms with Crippen LogP contribution in [0.4, 0.5) is 5.69 Å². The number of carbonyl (C=O) groups excluding carboxylic acids is 2. The summed E-state index contributed by atoms with van der Waals surface area (Å²) in [6, 6.07) is 4.45. The fourth-order valence-corrected chi connectivity index (χ4v) is 3.08. The molecule has 0 aliphatic carbocycles. The number of hydrogen-bond acceptors (Lipinski definition) is 4. The second-order valence-electron chi connectivity index (χ2n) is 4.52. The predicted molar refractivity (Wildman–Crippen MR) is 77.2 cm³/mol. The second kappa shape index (κ2) is 5.66. The van der Waals surface area contributed by atoms with Crippen LogP contribution in [-0.2, 0) is 9.59 Å². The van der Waals surface area contributed by atoms with Crippen LogP contribution in [-0.4, -0.2) is 33.9 Å². The van der Waals surface area contributed by atoms with Crippen molar-refractivity contribution in [1.82, 2.24) is 0 Å². The lowest BCUT2D eigenvalue weighted by molar-refractivity contribution is -0.121. The van der Waals surface area contributed by atoms with E-state index >= 15 is 0 Å². The number of benzene rings is 1. The Morgan fingerprint density at radius 2 is 2.15 bits per heavy atom. The van der Waals surface area contributed by atoms with E-state index in [2.05, 4.69) is 0 Å². The monoisotopic (exact) mass is 293 g/mol. The third-order valence-electron chi connectivity index (χ3n) is 3.17. The van der Waals surface area contributed by atoms with E-state index in [1.165, 1.54) is 23.9 Å². The quantitative estimate of drug-likeness (QED) is 0.860. The summed E-state index contributed by atoms with van der Waals surface area (Å²) in [6.07, 6.45) is 0.175. The van der Waals surface area contributed by atoms with Crippen molar-refractivity contribution in [3.05, 3.63) is 29.3 Å². The zero-order chi connectivity index (χ0) is 14.9. The highest BCUT2D eigenvalue weighted by atomic mass is 32.2. The molecule has 1 heterocycles. The number of carboxylic acids is 1. The number of carbonyl (C=O) groups is 3. The van der Waals surface area contributed by atoms with Crippen molar-refractivity contribution in [3.8, 4) is 0 Å². The maximum atomic E-state index is 12.3. The van der Waals surface area contributed by atoms with Crippen molar-refractivity contribution in [1.29, 1.82) is 0 Å². The highest BCUT2D eigenvalue weighted by molar-refractivity contribution is 8.00. The van der Waals surface area contributed by atoms with E-state index in [-0.39, 0.29) is 29.0 Å². The average Bonchev–Trinajstić information content (AvgIpc) is 2.66. The van der Waals surface area contributed by atoms with E-state index in [4.69, 9.17) is 5.11 Å². The summed E-state index contributed by atoms with van der Waals surface area (Å²) in [5.74, 6) is -0.852. The van der Waals surface area contributed by atoms with Gasteiger partial charge in [-0.3, -0.25) is 9.59 Å². The van der Waals surface area contributed by atoms with Gasteiger partial charge in [0.25, 0.3) is 0 Å². The van der Waals surface area contributed by atoms with Crippen molar-refractivity contribution in [2.45, 2.75) is 25.5 Å². The van der Waals surface area contributed by atoms with E-state index in [1.807, 2.05) is 6.92 Å². The molecule has 1 aromatic rings. The third kappa shape index (κ3) is 2.56. The van der Waals surface area contributed by atoms with Gasteiger partial charge in [-0.15, -0.1) is 11.8 Å². The molecule has 0 bridgehead atoms. The largest absolute Gasteiger partial charge is 0.478 e. The third-order valence-corrected chi connectivity index (χ3v) is 4.27. The van der Waals surface area contributed by atoms with Crippen molar-refractivity contribution in [2.24, 2.45) is 0 Å². The Kier molecular flexibility index (Phi) is 4.13. The van der Waals surface area contributed by atoms with Crippen LogP contribution in [0.2, 0.25) is 0 Å². The number of anilines is 1. The van der Waals surface area contributed by atoms with E-state index in [9.17, 15) is 14.4 Å². The molecule has 6 heteroatoms. The molecular formula is C14H15NO4S. The lowest BCUT2D eigenvalue weighted by Gasteiger charge is -2.17. The fourth-order valence-electron chi connectivity index (χ4n) is 2.17. The van der Waals surface area contributed by atoms with Crippen LogP contribution in [0.25, 0.3) is 0 Å². The first kappa shape index (κ1) is 14.6. The van der Waals surface area contributed by atoms with Gasteiger partial charge in [0.2, 0.25) is 11.8 Å². The first-order valence-electron chi connectivity index (χ1n) is 6.28. The maximum absolute atomic E-state index is 12.3. The Labute approximate surface area is 121 Å².